The molecule has 8 nitrogen and oxygen atoms in total. The highest BCUT2D eigenvalue weighted by molar-refractivity contribution is 7.98. The van der Waals surface area contributed by atoms with Gasteiger partial charge in [-0.1, -0.05) is 24.3 Å². The van der Waals surface area contributed by atoms with Gasteiger partial charge in [-0.05, 0) is 60.0 Å². The molecule has 9 heteroatoms. The van der Waals surface area contributed by atoms with Crippen molar-refractivity contribution in [3.8, 4) is 5.69 Å². The van der Waals surface area contributed by atoms with Gasteiger partial charge in [0, 0.05) is 0 Å². The number of tetrazole rings is 1. The zero-order valence-electron chi connectivity index (χ0n) is 16.2. The predicted molar refractivity (Wildman–Crippen MR) is 113 cm³/mol. The van der Waals surface area contributed by atoms with Gasteiger partial charge in [0.2, 0.25) is 0 Å². The molecule has 2 N–H and O–H groups in total. The average molecular weight is 408 g/mol. The second-order valence-corrected chi connectivity index (χ2v) is 7.59. The number of amides is 1. The van der Waals surface area contributed by atoms with Crippen molar-refractivity contribution < 1.29 is 4.79 Å². The Hall–Kier alpha value is -3.20. The number of nitrogens with zero attached hydrogens (tertiary/aromatic N) is 5. The number of imidazole rings is 1. The molecule has 0 aliphatic heterocycles. The molecule has 29 heavy (non-hydrogen) atoms. The van der Waals surface area contributed by atoms with Gasteiger partial charge in [-0.15, -0.1) is 5.10 Å². The SMILES string of the molecule is CSCCC(NC(=O)c1ccccc1-n1nnnc1C)c1nc2ccccc2[nH]1. The van der Waals surface area contributed by atoms with Gasteiger partial charge in [-0.3, -0.25) is 4.79 Å². The lowest BCUT2D eigenvalue weighted by molar-refractivity contribution is 0.0934. The summed E-state index contributed by atoms with van der Waals surface area (Å²) < 4.78 is 1.56. The molecule has 0 saturated heterocycles. The van der Waals surface area contributed by atoms with Gasteiger partial charge in [0.1, 0.15) is 5.82 Å². The van der Waals surface area contributed by atoms with E-state index in [0.29, 0.717) is 17.1 Å². The maximum absolute atomic E-state index is 13.2. The topological polar surface area (TPSA) is 101 Å². The number of fused-ring (bicyclic) bond motifs is 1. The number of benzene rings is 2. The molecule has 2 aromatic heterocycles. The van der Waals surface area contributed by atoms with Crippen LogP contribution in [0.4, 0.5) is 0 Å². The van der Waals surface area contributed by atoms with Crippen LogP contribution >= 0.6 is 11.8 Å². The number of aromatic nitrogens is 6. The molecular formula is C20H21N7OS. The monoisotopic (exact) mass is 407 g/mol. The van der Waals surface area contributed by atoms with Crippen LogP contribution in [-0.4, -0.2) is 48.1 Å². The van der Waals surface area contributed by atoms with Crippen molar-refractivity contribution in [2.24, 2.45) is 0 Å². The third kappa shape index (κ3) is 4.00. The minimum absolute atomic E-state index is 0.193. The first kappa shape index (κ1) is 19.1. The van der Waals surface area contributed by atoms with Crippen molar-refractivity contribution in [1.29, 1.82) is 0 Å². The largest absolute Gasteiger partial charge is 0.342 e. The molecule has 1 amide bonds. The summed E-state index contributed by atoms with van der Waals surface area (Å²) in [7, 11) is 0. The van der Waals surface area contributed by atoms with Gasteiger partial charge >= 0.3 is 0 Å². The summed E-state index contributed by atoms with van der Waals surface area (Å²) in [4.78, 5) is 21.2. The lowest BCUT2D eigenvalue weighted by Crippen LogP contribution is -2.30. The Morgan fingerprint density at radius 2 is 2.00 bits per heavy atom. The molecule has 148 valence electrons. The summed E-state index contributed by atoms with van der Waals surface area (Å²) in [5.74, 6) is 2.07. The van der Waals surface area contributed by atoms with E-state index in [1.54, 1.807) is 29.4 Å². The number of hydrogen-bond acceptors (Lipinski definition) is 6. The molecular weight excluding hydrogens is 386 g/mol. The van der Waals surface area contributed by atoms with Crippen LogP contribution in [0.15, 0.2) is 48.5 Å². The van der Waals surface area contributed by atoms with Crippen molar-refractivity contribution in [1.82, 2.24) is 35.5 Å². The molecule has 1 unspecified atom stereocenters. The van der Waals surface area contributed by atoms with Crippen LogP contribution in [-0.2, 0) is 0 Å². The third-order valence-electron chi connectivity index (χ3n) is 4.66. The molecule has 0 bridgehead atoms. The molecule has 1 atom stereocenters. The maximum Gasteiger partial charge on any atom is 0.254 e. The summed E-state index contributed by atoms with van der Waals surface area (Å²) in [6.07, 6.45) is 2.81. The first-order valence-electron chi connectivity index (χ1n) is 9.26. The fourth-order valence-corrected chi connectivity index (χ4v) is 3.66. The molecule has 4 rings (SSSR count). The maximum atomic E-state index is 13.2. The first-order valence-corrected chi connectivity index (χ1v) is 10.7. The quantitative estimate of drug-likeness (QED) is 0.488. The van der Waals surface area contributed by atoms with Crippen molar-refractivity contribution >= 4 is 28.7 Å². The van der Waals surface area contributed by atoms with Gasteiger partial charge in [0.05, 0.1) is 28.3 Å². The van der Waals surface area contributed by atoms with Gasteiger partial charge in [-0.2, -0.15) is 16.4 Å². The number of aromatic amines is 1. The van der Waals surface area contributed by atoms with E-state index in [1.165, 1.54) is 0 Å². The van der Waals surface area contributed by atoms with Gasteiger partial charge in [-0.25, -0.2) is 4.98 Å². The molecule has 4 aromatic rings. The highest BCUT2D eigenvalue weighted by atomic mass is 32.2. The first-order chi connectivity index (χ1) is 14.2. The van der Waals surface area contributed by atoms with E-state index in [4.69, 9.17) is 0 Å². The average Bonchev–Trinajstić information content (AvgIpc) is 3.36. The van der Waals surface area contributed by atoms with E-state index in [2.05, 4.69) is 30.8 Å². The van der Waals surface area contributed by atoms with Crippen molar-refractivity contribution in [3.63, 3.8) is 0 Å². The normalized spacial score (nSPS) is 12.2. The molecule has 0 spiro atoms. The number of carbonyl (C=O) groups excluding carboxylic acids is 1. The Morgan fingerprint density at radius 1 is 1.21 bits per heavy atom. The number of para-hydroxylation sites is 3. The van der Waals surface area contributed by atoms with Gasteiger partial charge in [0.15, 0.2) is 5.82 Å². The van der Waals surface area contributed by atoms with Crippen LogP contribution in [0.2, 0.25) is 0 Å². The zero-order chi connectivity index (χ0) is 20.2. The second-order valence-electron chi connectivity index (χ2n) is 6.60. The van der Waals surface area contributed by atoms with Crippen molar-refractivity contribution in [3.05, 3.63) is 65.7 Å². The molecule has 0 aliphatic carbocycles. The molecule has 2 aromatic carbocycles. The van der Waals surface area contributed by atoms with E-state index in [-0.39, 0.29) is 11.9 Å². The standard InChI is InChI=1S/C20H21N7OS/c1-13-24-25-26-27(13)18-10-6-3-7-14(18)20(28)23-17(11-12-29-2)19-21-15-8-4-5-9-16(15)22-19/h3-10,17H,11-12H2,1-2H3,(H,21,22)(H,23,28). The van der Waals surface area contributed by atoms with Crippen LogP contribution < -0.4 is 5.32 Å². The fourth-order valence-electron chi connectivity index (χ4n) is 3.19. The highest BCUT2D eigenvalue weighted by Gasteiger charge is 2.21. The van der Waals surface area contributed by atoms with Crippen molar-refractivity contribution in [2.75, 3.05) is 12.0 Å². The lowest BCUT2D eigenvalue weighted by Gasteiger charge is -2.17. The van der Waals surface area contributed by atoms with Crippen LogP contribution in [0.5, 0.6) is 0 Å². The van der Waals surface area contributed by atoms with Gasteiger partial charge in [0.25, 0.3) is 5.91 Å². The molecule has 0 saturated carbocycles. The minimum Gasteiger partial charge on any atom is -0.342 e. The minimum atomic E-state index is -0.231. The number of H-pyrrole nitrogens is 1. The van der Waals surface area contributed by atoms with Crippen LogP contribution in [0, 0.1) is 6.92 Å². The highest BCUT2D eigenvalue weighted by Crippen LogP contribution is 2.22. The molecule has 0 radical (unpaired) electrons. The van der Waals surface area contributed by atoms with Crippen LogP contribution in [0.3, 0.4) is 0 Å². The Morgan fingerprint density at radius 3 is 2.76 bits per heavy atom. The number of thioether (sulfide) groups is 1. The number of rotatable bonds is 7. The van der Waals surface area contributed by atoms with Crippen LogP contribution in [0.25, 0.3) is 16.7 Å². The summed E-state index contributed by atoms with van der Waals surface area (Å²) in [5.41, 5.74) is 2.99. The van der Waals surface area contributed by atoms with Gasteiger partial charge < -0.3 is 10.3 Å². The number of hydrogen-bond donors (Lipinski definition) is 2. The number of aryl methyl sites for hydroxylation is 1. The van der Waals surface area contributed by atoms with E-state index >= 15 is 0 Å². The third-order valence-corrected chi connectivity index (χ3v) is 5.30. The predicted octanol–water partition coefficient (Wildman–Crippen LogP) is 3.07. The summed E-state index contributed by atoms with van der Waals surface area (Å²) >= 11 is 1.73. The Kier molecular flexibility index (Phi) is 5.57. The second kappa shape index (κ2) is 8.44. The van der Waals surface area contributed by atoms with Crippen LogP contribution in [0.1, 0.15) is 34.5 Å². The summed E-state index contributed by atoms with van der Waals surface area (Å²) in [6.45, 7) is 1.80. The molecule has 0 fully saturated rings. The smallest absolute Gasteiger partial charge is 0.254 e. The molecule has 0 aliphatic rings. The molecule has 2 heterocycles. The Labute approximate surface area is 172 Å². The summed E-state index contributed by atoms with van der Waals surface area (Å²) in [5, 5.41) is 14.7. The Balaban J connectivity index is 1.65. The van der Waals surface area contributed by atoms with E-state index < -0.39 is 0 Å². The van der Waals surface area contributed by atoms with E-state index in [0.717, 1.165) is 29.0 Å². The fraction of sp³-hybridized carbons (Fsp3) is 0.250. The summed E-state index contributed by atoms with van der Waals surface area (Å²) in [6, 6.07) is 14.9. The Bertz CT molecular complexity index is 1100. The van der Waals surface area contributed by atoms with E-state index in [1.807, 2.05) is 48.7 Å². The number of carbonyl (C=O) groups is 1. The van der Waals surface area contributed by atoms with Crippen molar-refractivity contribution in [2.45, 2.75) is 19.4 Å². The number of nitrogens with one attached hydrogen (secondary N) is 2. The van der Waals surface area contributed by atoms with E-state index in [9.17, 15) is 4.79 Å². The lowest BCUT2D eigenvalue weighted by atomic mass is 10.1. The zero-order valence-corrected chi connectivity index (χ0v) is 17.0.